The Balaban J connectivity index is 2.40. The molecule has 0 aliphatic carbocycles. The second-order valence-electron chi connectivity index (χ2n) is 8.94. The van der Waals surface area contributed by atoms with E-state index < -0.39 is 12.0 Å². The number of aliphatic carboxylic acids is 1. The van der Waals surface area contributed by atoms with E-state index in [9.17, 15) is 9.59 Å². The number of unbranched alkanes of at least 4 members (excludes halogenated alkanes) is 4. The van der Waals surface area contributed by atoms with E-state index in [0.717, 1.165) is 57.3 Å². The fourth-order valence-electron chi connectivity index (χ4n) is 3.76. The normalized spacial score (nSPS) is 13.5. The van der Waals surface area contributed by atoms with Crippen molar-refractivity contribution in [1.82, 2.24) is 5.01 Å². The van der Waals surface area contributed by atoms with Gasteiger partial charge in [-0.3, -0.25) is 9.59 Å². The zero-order chi connectivity index (χ0) is 23.3. The highest BCUT2D eigenvalue weighted by Crippen LogP contribution is 2.20. The molecule has 0 aliphatic rings. The van der Waals surface area contributed by atoms with Gasteiger partial charge in [0, 0.05) is 6.42 Å². The van der Waals surface area contributed by atoms with Crippen molar-refractivity contribution >= 4 is 11.9 Å². The molecule has 3 N–H and O–H groups in total. The first-order valence-electron chi connectivity index (χ1n) is 11.5. The molecule has 0 aromatic heterocycles. The van der Waals surface area contributed by atoms with Crippen LogP contribution in [0.25, 0.3) is 0 Å². The number of carbonyl (C=O) groups excluding carboxylic acids is 1. The van der Waals surface area contributed by atoms with Crippen LogP contribution >= 0.6 is 0 Å². The molecule has 0 aliphatic heterocycles. The van der Waals surface area contributed by atoms with Gasteiger partial charge in [-0.25, -0.2) is 4.59 Å². The van der Waals surface area contributed by atoms with Crippen LogP contribution < -0.4 is 10.5 Å². The van der Waals surface area contributed by atoms with E-state index in [2.05, 4.69) is 6.92 Å². The van der Waals surface area contributed by atoms with Gasteiger partial charge in [-0.15, -0.1) is 0 Å². The first-order chi connectivity index (χ1) is 14.7. The number of carboxylic acid groups (broad SMARTS) is 1. The van der Waals surface area contributed by atoms with E-state index in [-0.39, 0.29) is 24.8 Å². The summed E-state index contributed by atoms with van der Waals surface area (Å²) in [6.07, 6.45) is 7.30. The van der Waals surface area contributed by atoms with Crippen molar-refractivity contribution in [3.63, 3.8) is 0 Å². The topological polar surface area (TPSA) is 92.9 Å². The molecule has 1 aromatic carbocycles. The van der Waals surface area contributed by atoms with Crippen LogP contribution in [0.4, 0.5) is 0 Å². The highest BCUT2D eigenvalue weighted by atomic mass is 16.5. The predicted molar refractivity (Wildman–Crippen MR) is 123 cm³/mol. The Hall–Kier alpha value is -2.12. The fourth-order valence-corrected chi connectivity index (χ4v) is 3.76. The molecule has 1 rings (SSSR count). The molecule has 0 fully saturated rings. The summed E-state index contributed by atoms with van der Waals surface area (Å²) < 4.78 is 6.08. The molecule has 2 atom stereocenters. The predicted octanol–water partition coefficient (Wildman–Crippen LogP) is 3.83. The second-order valence-corrected chi connectivity index (χ2v) is 8.94. The number of amides is 1. The number of carbonyl (C=O) groups is 2. The van der Waals surface area contributed by atoms with E-state index >= 15 is 0 Å². The third kappa shape index (κ3) is 10.6. The van der Waals surface area contributed by atoms with Gasteiger partial charge in [0.05, 0.1) is 39.8 Å². The summed E-state index contributed by atoms with van der Waals surface area (Å²) in [5.41, 5.74) is 6.04. The lowest BCUT2D eigenvalue weighted by Gasteiger charge is -2.42. The Morgan fingerprint density at radius 1 is 1.03 bits per heavy atom. The fraction of sp³-hybridized carbons (Fsp3) is 0.667. The van der Waals surface area contributed by atoms with Crippen LogP contribution in [0.1, 0.15) is 64.7 Å². The largest absolute Gasteiger partial charge is 0.494 e. The van der Waals surface area contributed by atoms with Gasteiger partial charge in [0.1, 0.15) is 5.75 Å². The van der Waals surface area contributed by atoms with Crippen molar-refractivity contribution in [1.29, 1.82) is 0 Å². The number of carboxylic acids is 1. The van der Waals surface area contributed by atoms with Crippen molar-refractivity contribution in [2.75, 3.05) is 27.7 Å². The van der Waals surface area contributed by atoms with E-state index in [1.54, 1.807) is 0 Å². The minimum absolute atomic E-state index is 0.0878. The van der Waals surface area contributed by atoms with E-state index in [0.29, 0.717) is 4.59 Å². The Bertz CT molecular complexity index is 646. The maximum Gasteiger partial charge on any atom is 0.303 e. The van der Waals surface area contributed by atoms with Crippen LogP contribution in [0.2, 0.25) is 0 Å². The number of hydrogen-bond acceptors (Lipinski definition) is 4. The molecule has 31 heavy (non-hydrogen) atoms. The lowest BCUT2D eigenvalue weighted by Crippen LogP contribution is -2.62. The molecule has 0 spiro atoms. The van der Waals surface area contributed by atoms with Crippen LogP contribution in [0, 0.1) is 0 Å². The average Bonchev–Trinajstić information content (AvgIpc) is 2.72. The van der Waals surface area contributed by atoms with Gasteiger partial charge in [-0.2, -0.15) is 5.01 Å². The summed E-state index contributed by atoms with van der Waals surface area (Å²) in [4.78, 5) is 23.8. The van der Waals surface area contributed by atoms with Crippen molar-refractivity contribution in [3.05, 3.63) is 30.3 Å². The Labute approximate surface area is 187 Å². The van der Waals surface area contributed by atoms with E-state index in [1.807, 2.05) is 56.5 Å². The quantitative estimate of drug-likeness (QED) is 0.233. The zero-order valence-corrected chi connectivity index (χ0v) is 19.8. The molecule has 176 valence electrons. The minimum atomic E-state index is -0.929. The van der Waals surface area contributed by atoms with Gasteiger partial charge < -0.3 is 15.6 Å². The summed E-state index contributed by atoms with van der Waals surface area (Å²) in [7, 11) is 5.87. The van der Waals surface area contributed by atoms with Crippen LogP contribution in [-0.4, -0.2) is 66.4 Å². The molecule has 1 amide bonds. The van der Waals surface area contributed by atoms with Crippen molar-refractivity contribution < 1.29 is 24.0 Å². The van der Waals surface area contributed by atoms with Crippen molar-refractivity contribution in [2.45, 2.75) is 76.8 Å². The Morgan fingerprint density at radius 2 is 1.65 bits per heavy atom. The standard InChI is InChI=1S/C24H41N3O4/c1-5-20(26(27(2,3)4)24(30)22(25)17-18-23(28)29)14-10-7-6-8-13-19-31-21-15-11-9-12-16-21/h9,11-12,15-16,20,22H,5-8,10,13-14,17-19,25H2,1-4H3/p+1. The van der Waals surface area contributed by atoms with Gasteiger partial charge in [0.2, 0.25) is 0 Å². The van der Waals surface area contributed by atoms with Gasteiger partial charge in [-0.1, -0.05) is 50.8 Å². The maximum atomic E-state index is 13.0. The first-order valence-corrected chi connectivity index (χ1v) is 11.5. The number of ether oxygens (including phenoxy) is 1. The summed E-state index contributed by atoms with van der Waals surface area (Å²) in [5.74, 6) is -0.181. The third-order valence-corrected chi connectivity index (χ3v) is 5.37. The molecular formula is C24H42N3O4+. The lowest BCUT2D eigenvalue weighted by atomic mass is 10.0. The maximum absolute atomic E-state index is 13.0. The average molecular weight is 437 g/mol. The minimum Gasteiger partial charge on any atom is -0.494 e. The van der Waals surface area contributed by atoms with E-state index in [1.165, 1.54) is 0 Å². The van der Waals surface area contributed by atoms with Gasteiger partial charge >= 0.3 is 5.97 Å². The molecule has 7 heteroatoms. The smallest absolute Gasteiger partial charge is 0.303 e. The molecule has 0 saturated heterocycles. The van der Waals surface area contributed by atoms with Crippen LogP contribution in [-0.2, 0) is 9.59 Å². The Kier molecular flexibility index (Phi) is 12.2. The first kappa shape index (κ1) is 26.9. The van der Waals surface area contributed by atoms with Gasteiger partial charge in [0.15, 0.2) is 0 Å². The van der Waals surface area contributed by atoms with E-state index in [4.69, 9.17) is 15.6 Å². The lowest BCUT2D eigenvalue weighted by molar-refractivity contribution is -0.978. The molecule has 0 bridgehead atoms. The Morgan fingerprint density at radius 3 is 2.23 bits per heavy atom. The van der Waals surface area contributed by atoms with Gasteiger partial charge in [-0.05, 0) is 37.8 Å². The molecule has 0 heterocycles. The third-order valence-electron chi connectivity index (χ3n) is 5.37. The highest BCUT2D eigenvalue weighted by Gasteiger charge is 2.36. The highest BCUT2D eigenvalue weighted by molar-refractivity contribution is 5.81. The molecule has 1 aromatic rings. The number of nitrogens with zero attached hydrogens (tertiary/aromatic N) is 2. The summed E-state index contributed by atoms with van der Waals surface area (Å²) in [6.45, 7) is 2.82. The number of nitrogens with two attached hydrogens (primary N) is 1. The molecular weight excluding hydrogens is 394 g/mol. The van der Waals surface area contributed by atoms with Gasteiger partial charge in [0.25, 0.3) is 5.91 Å². The molecule has 2 unspecified atom stereocenters. The molecule has 7 nitrogen and oxygen atoms in total. The van der Waals surface area contributed by atoms with Crippen molar-refractivity contribution in [3.8, 4) is 5.75 Å². The number of para-hydroxylation sites is 1. The second kappa shape index (κ2) is 14.0. The number of hydrogen-bond donors (Lipinski definition) is 2. The SMILES string of the molecule is CCC(CCCCCCCOc1ccccc1)N(C(=O)C(N)CCC(=O)O)[N+](C)(C)C. The van der Waals surface area contributed by atoms with Crippen LogP contribution in [0.5, 0.6) is 5.75 Å². The van der Waals surface area contributed by atoms with Crippen LogP contribution in [0.15, 0.2) is 30.3 Å². The summed E-state index contributed by atoms with van der Waals surface area (Å²) in [5, 5.41) is 10.7. The zero-order valence-electron chi connectivity index (χ0n) is 19.8. The number of quaternary nitrogens is 1. The summed E-state index contributed by atoms with van der Waals surface area (Å²) in [6, 6.07) is 9.18. The molecule has 0 saturated carbocycles. The molecule has 0 radical (unpaired) electrons. The van der Waals surface area contributed by atoms with Crippen LogP contribution in [0.3, 0.4) is 0 Å². The van der Waals surface area contributed by atoms with Crippen molar-refractivity contribution in [2.24, 2.45) is 5.73 Å². The number of rotatable bonds is 16. The number of benzene rings is 1. The summed E-state index contributed by atoms with van der Waals surface area (Å²) >= 11 is 0. The monoisotopic (exact) mass is 436 g/mol.